The van der Waals surface area contributed by atoms with Crippen molar-refractivity contribution in [2.45, 2.75) is 51.1 Å². The van der Waals surface area contributed by atoms with Crippen molar-refractivity contribution in [3.8, 4) is 0 Å². The third-order valence-corrected chi connectivity index (χ3v) is 6.73. The van der Waals surface area contributed by atoms with Crippen molar-refractivity contribution < 1.29 is 13.2 Å². The molecule has 0 radical (unpaired) electrons. The van der Waals surface area contributed by atoms with Gasteiger partial charge in [0.15, 0.2) is 0 Å². The molecule has 1 fully saturated rings. The van der Waals surface area contributed by atoms with Crippen LogP contribution in [0.5, 0.6) is 0 Å². The topological polar surface area (TPSA) is 85.0 Å². The molecule has 0 unspecified atom stereocenters. The summed E-state index contributed by atoms with van der Waals surface area (Å²) in [5, 5.41) is 3.43. The maximum Gasteiger partial charge on any atom is 0.433 e. The van der Waals surface area contributed by atoms with Gasteiger partial charge in [-0.1, -0.05) is 6.07 Å². The van der Waals surface area contributed by atoms with Crippen LogP contribution in [0, 0.1) is 6.92 Å². The highest BCUT2D eigenvalue weighted by molar-refractivity contribution is 5.71. The molecule has 2 aliphatic heterocycles. The van der Waals surface area contributed by atoms with Gasteiger partial charge in [0.1, 0.15) is 16.9 Å². The van der Waals surface area contributed by atoms with E-state index in [1.54, 1.807) is 15.2 Å². The second-order valence-electron chi connectivity index (χ2n) is 9.07. The summed E-state index contributed by atoms with van der Waals surface area (Å²) in [7, 11) is 0. The largest absolute Gasteiger partial charge is 0.433 e. The Kier molecular flexibility index (Phi) is 5.76. The van der Waals surface area contributed by atoms with Crippen LogP contribution >= 0.6 is 0 Å². The molecular formula is C23H25F3N6O2. The van der Waals surface area contributed by atoms with Crippen molar-refractivity contribution in [1.29, 1.82) is 0 Å². The van der Waals surface area contributed by atoms with Crippen LogP contribution in [0.15, 0.2) is 40.2 Å². The van der Waals surface area contributed by atoms with Crippen LogP contribution in [0.2, 0.25) is 0 Å². The molecule has 0 aliphatic carbocycles. The van der Waals surface area contributed by atoms with Crippen LogP contribution in [0.25, 0.3) is 11.2 Å². The van der Waals surface area contributed by atoms with Gasteiger partial charge < -0.3 is 10.2 Å². The minimum atomic E-state index is -4.44. The summed E-state index contributed by atoms with van der Waals surface area (Å²) in [4.78, 5) is 34.9. The zero-order valence-corrected chi connectivity index (χ0v) is 18.7. The van der Waals surface area contributed by atoms with Crippen LogP contribution in [0.3, 0.4) is 0 Å². The van der Waals surface area contributed by atoms with Crippen molar-refractivity contribution >= 4 is 11.2 Å². The molecule has 0 bridgehead atoms. The fraction of sp³-hybridized carbons (Fsp3) is 0.478. The van der Waals surface area contributed by atoms with E-state index >= 15 is 0 Å². The van der Waals surface area contributed by atoms with E-state index in [0.29, 0.717) is 30.8 Å². The number of rotatable bonds is 5. The molecule has 34 heavy (non-hydrogen) atoms. The Labute approximate surface area is 193 Å². The Morgan fingerprint density at radius 3 is 2.56 bits per heavy atom. The van der Waals surface area contributed by atoms with E-state index in [1.165, 1.54) is 31.5 Å². The summed E-state index contributed by atoms with van der Waals surface area (Å²) < 4.78 is 42.0. The second kappa shape index (κ2) is 8.62. The van der Waals surface area contributed by atoms with Gasteiger partial charge in [-0.3, -0.25) is 23.7 Å². The van der Waals surface area contributed by atoms with E-state index in [1.807, 2.05) is 0 Å². The predicted molar refractivity (Wildman–Crippen MR) is 120 cm³/mol. The molecule has 5 heterocycles. The third-order valence-electron chi connectivity index (χ3n) is 6.73. The molecule has 2 aliphatic rings. The monoisotopic (exact) mass is 474 g/mol. The van der Waals surface area contributed by atoms with E-state index in [-0.39, 0.29) is 28.8 Å². The minimum Gasteiger partial charge on any atom is -0.310 e. The minimum absolute atomic E-state index is 0.124. The molecule has 3 aromatic rings. The molecule has 8 nitrogen and oxygen atoms in total. The fourth-order valence-electron chi connectivity index (χ4n) is 5.07. The molecule has 1 N–H and O–H groups in total. The first kappa shape index (κ1) is 22.7. The van der Waals surface area contributed by atoms with Crippen LogP contribution < -0.4 is 16.4 Å². The number of piperidine rings is 1. The van der Waals surface area contributed by atoms with Crippen molar-refractivity contribution in [2.75, 3.05) is 19.6 Å². The van der Waals surface area contributed by atoms with Gasteiger partial charge in [-0.25, -0.2) is 4.98 Å². The summed E-state index contributed by atoms with van der Waals surface area (Å²) >= 11 is 0. The van der Waals surface area contributed by atoms with Gasteiger partial charge in [0, 0.05) is 37.9 Å². The second-order valence-corrected chi connectivity index (χ2v) is 9.07. The normalized spacial score (nSPS) is 19.2. The quantitative estimate of drug-likeness (QED) is 0.610. The lowest BCUT2D eigenvalue weighted by Crippen LogP contribution is -2.44. The number of nitrogens with one attached hydrogen (secondary N) is 1. The summed E-state index contributed by atoms with van der Waals surface area (Å²) in [5.74, 6) is 0. The highest BCUT2D eigenvalue weighted by Gasteiger charge is 2.34. The molecule has 1 atom stereocenters. The van der Waals surface area contributed by atoms with Gasteiger partial charge >= 0.3 is 6.18 Å². The van der Waals surface area contributed by atoms with Gasteiger partial charge in [-0.05, 0) is 50.0 Å². The van der Waals surface area contributed by atoms with Crippen molar-refractivity contribution in [2.24, 2.45) is 0 Å². The first-order valence-corrected chi connectivity index (χ1v) is 11.3. The van der Waals surface area contributed by atoms with Crippen molar-refractivity contribution in [3.05, 3.63) is 68.1 Å². The summed E-state index contributed by atoms with van der Waals surface area (Å²) in [6.07, 6.45) is -0.0839. The lowest BCUT2D eigenvalue weighted by atomic mass is 10.0. The Hall–Kier alpha value is -3.05. The summed E-state index contributed by atoms with van der Waals surface area (Å²) in [5.41, 5.74) is 0.895. The zero-order valence-electron chi connectivity index (χ0n) is 18.7. The average Bonchev–Trinajstić information content (AvgIpc) is 3.18. The number of pyridine rings is 2. The van der Waals surface area contributed by atoms with Crippen LogP contribution in [0.1, 0.15) is 35.7 Å². The molecule has 3 aromatic heterocycles. The molecule has 0 saturated carbocycles. The number of alkyl halides is 3. The maximum absolute atomic E-state index is 12.9. The molecule has 1 saturated heterocycles. The fourth-order valence-corrected chi connectivity index (χ4v) is 5.07. The lowest BCUT2D eigenvalue weighted by molar-refractivity contribution is -0.141. The number of aromatic nitrogens is 4. The standard InChI is InChI=1S/C23H25F3N6O2/c1-14-8-15(10-29-21(14)23(24,25)26)9-27-16-4-6-30(7-5-16)12-17-13-31-19(33)3-2-18-22(31)32(17)20(34)11-28-18/h2-3,8,10-11,16-17,27H,4-7,9,12-13H2,1H3/t17-/m1/s1. The highest BCUT2D eigenvalue weighted by atomic mass is 19.4. The van der Waals surface area contributed by atoms with Gasteiger partial charge in [0.2, 0.25) is 0 Å². The number of nitrogens with zero attached hydrogens (tertiary/aromatic N) is 5. The predicted octanol–water partition coefficient (Wildman–Crippen LogP) is 2.09. The van der Waals surface area contributed by atoms with E-state index in [4.69, 9.17) is 0 Å². The molecule has 0 spiro atoms. The van der Waals surface area contributed by atoms with Crippen LogP contribution in [-0.2, 0) is 19.3 Å². The average molecular weight is 474 g/mol. The molecule has 11 heteroatoms. The van der Waals surface area contributed by atoms with Crippen molar-refractivity contribution in [3.63, 3.8) is 0 Å². The Morgan fingerprint density at radius 2 is 1.85 bits per heavy atom. The molecule has 0 aromatic carbocycles. The summed E-state index contributed by atoms with van der Waals surface area (Å²) in [6, 6.07) is 4.79. The number of likely N-dealkylation sites (tertiary alicyclic amines) is 1. The van der Waals surface area contributed by atoms with E-state index in [9.17, 15) is 22.8 Å². The maximum atomic E-state index is 12.9. The van der Waals surface area contributed by atoms with Crippen LogP contribution in [-0.4, -0.2) is 49.7 Å². The SMILES string of the molecule is Cc1cc(CNC2CCN(C[C@@H]3Cn4c(=O)ccc5ncc(=O)n3c54)CC2)cnc1C(F)(F)F. The number of aryl methyl sites for hydroxylation is 1. The number of hydrogen-bond donors (Lipinski definition) is 1. The lowest BCUT2D eigenvalue weighted by Gasteiger charge is -2.34. The zero-order chi connectivity index (χ0) is 24.0. The third kappa shape index (κ3) is 4.25. The Bertz CT molecular complexity index is 1340. The molecule has 5 rings (SSSR count). The Morgan fingerprint density at radius 1 is 1.09 bits per heavy atom. The molecular weight excluding hydrogens is 449 g/mol. The Balaban J connectivity index is 1.18. The van der Waals surface area contributed by atoms with Gasteiger partial charge in [0.25, 0.3) is 11.1 Å². The molecule has 0 amide bonds. The van der Waals surface area contributed by atoms with E-state index < -0.39 is 11.9 Å². The number of hydrogen-bond acceptors (Lipinski definition) is 6. The van der Waals surface area contributed by atoms with Crippen molar-refractivity contribution in [1.82, 2.24) is 29.3 Å². The first-order chi connectivity index (χ1) is 16.2. The van der Waals surface area contributed by atoms with Gasteiger partial charge in [0.05, 0.1) is 12.2 Å². The number of halogens is 3. The summed E-state index contributed by atoms with van der Waals surface area (Å²) in [6.45, 7) is 4.65. The van der Waals surface area contributed by atoms with E-state index in [0.717, 1.165) is 31.5 Å². The smallest absolute Gasteiger partial charge is 0.310 e. The molecule has 180 valence electrons. The highest BCUT2D eigenvalue weighted by Crippen LogP contribution is 2.30. The first-order valence-electron chi connectivity index (χ1n) is 11.3. The van der Waals surface area contributed by atoms with Gasteiger partial charge in [-0.15, -0.1) is 0 Å². The van der Waals surface area contributed by atoms with Crippen LogP contribution in [0.4, 0.5) is 13.2 Å². The van der Waals surface area contributed by atoms with E-state index in [2.05, 4.69) is 20.2 Å². The van der Waals surface area contributed by atoms with Gasteiger partial charge in [-0.2, -0.15) is 13.2 Å².